The van der Waals surface area contributed by atoms with Crippen molar-refractivity contribution in [1.82, 2.24) is 0 Å². The van der Waals surface area contributed by atoms with Gasteiger partial charge in [-0.15, -0.1) is 0 Å². The lowest BCUT2D eigenvalue weighted by molar-refractivity contribution is -0.152. The van der Waals surface area contributed by atoms with Gasteiger partial charge in [-0.25, -0.2) is 0 Å². The van der Waals surface area contributed by atoms with Crippen molar-refractivity contribution in [3.05, 3.63) is 0 Å². The van der Waals surface area contributed by atoms with Crippen LogP contribution in [0.4, 0.5) is 0 Å². The number of methoxy groups -OCH3 is 3. The minimum atomic E-state index is -0.551. The zero-order valence-electron chi connectivity index (χ0n) is 18.0. The molecule has 1 heterocycles. The normalized spacial score (nSPS) is 21.1. The summed E-state index contributed by atoms with van der Waals surface area (Å²) in [7, 11) is 4.91. The van der Waals surface area contributed by atoms with Crippen LogP contribution in [0.3, 0.4) is 0 Å². The van der Waals surface area contributed by atoms with Crippen LogP contribution >= 0.6 is 0 Å². The van der Waals surface area contributed by atoms with Gasteiger partial charge in [0, 0.05) is 21.3 Å². The van der Waals surface area contributed by atoms with E-state index < -0.39 is 5.79 Å². The highest BCUT2D eigenvalue weighted by molar-refractivity contribution is 4.71. The van der Waals surface area contributed by atoms with Gasteiger partial charge < -0.3 is 42.6 Å². The van der Waals surface area contributed by atoms with Gasteiger partial charge in [-0.2, -0.15) is 0 Å². The summed E-state index contributed by atoms with van der Waals surface area (Å²) in [6.07, 6.45) is -0.394. The molecule has 0 N–H and O–H groups in total. The largest absolute Gasteiger partial charge is 0.382 e. The average Bonchev–Trinajstić information content (AvgIpc) is 3.01. The van der Waals surface area contributed by atoms with E-state index in [2.05, 4.69) is 0 Å². The van der Waals surface area contributed by atoms with Gasteiger partial charge in [-0.05, 0) is 13.8 Å². The van der Waals surface area contributed by atoms with E-state index >= 15 is 0 Å². The van der Waals surface area contributed by atoms with Crippen LogP contribution in [0.5, 0.6) is 0 Å². The lowest BCUT2D eigenvalue weighted by atomic mass is 10.3. The maximum atomic E-state index is 5.85. The molecule has 3 unspecified atom stereocenters. The second-order valence-corrected chi connectivity index (χ2v) is 6.95. The first-order valence-corrected chi connectivity index (χ1v) is 9.68. The molecule has 0 radical (unpaired) electrons. The minimum Gasteiger partial charge on any atom is -0.382 e. The second kappa shape index (κ2) is 15.5. The van der Waals surface area contributed by atoms with Crippen LogP contribution in [-0.4, -0.2) is 111 Å². The Balaban J connectivity index is 2.15. The first-order chi connectivity index (χ1) is 13.5. The van der Waals surface area contributed by atoms with Crippen molar-refractivity contribution >= 4 is 0 Å². The Morgan fingerprint density at radius 1 is 0.786 bits per heavy atom. The lowest BCUT2D eigenvalue weighted by Crippen LogP contribution is -2.32. The molecule has 168 valence electrons. The summed E-state index contributed by atoms with van der Waals surface area (Å²) in [5.41, 5.74) is 0. The van der Waals surface area contributed by atoms with Gasteiger partial charge in [0.1, 0.15) is 18.3 Å². The van der Waals surface area contributed by atoms with Gasteiger partial charge in [0.05, 0.1) is 66.1 Å². The van der Waals surface area contributed by atoms with Crippen LogP contribution in [0, 0.1) is 0 Å². The molecule has 0 aromatic carbocycles. The monoisotopic (exact) mass is 410 g/mol. The van der Waals surface area contributed by atoms with Crippen LogP contribution in [0.2, 0.25) is 0 Å². The molecule has 0 spiro atoms. The molecule has 0 saturated carbocycles. The van der Waals surface area contributed by atoms with Crippen molar-refractivity contribution in [2.45, 2.75) is 37.9 Å². The summed E-state index contributed by atoms with van der Waals surface area (Å²) >= 11 is 0. The third-order valence-corrected chi connectivity index (χ3v) is 3.91. The SMILES string of the molecule is COCCOCC(COC)OCCOCC(COC)OCC1COC(C)(C)O1. The van der Waals surface area contributed by atoms with E-state index in [9.17, 15) is 0 Å². The molecular weight excluding hydrogens is 372 g/mol. The van der Waals surface area contributed by atoms with Crippen LogP contribution in [0.15, 0.2) is 0 Å². The van der Waals surface area contributed by atoms with Crippen LogP contribution in [0.1, 0.15) is 13.8 Å². The lowest BCUT2D eigenvalue weighted by Gasteiger charge is -2.21. The molecule has 1 fully saturated rings. The number of hydrogen-bond acceptors (Lipinski definition) is 9. The fraction of sp³-hybridized carbons (Fsp3) is 1.00. The fourth-order valence-corrected chi connectivity index (χ4v) is 2.59. The molecule has 1 aliphatic heterocycles. The van der Waals surface area contributed by atoms with Crippen molar-refractivity contribution in [2.24, 2.45) is 0 Å². The molecule has 1 aliphatic rings. The maximum absolute atomic E-state index is 5.85. The molecule has 0 aromatic heterocycles. The Hall–Kier alpha value is -0.360. The second-order valence-electron chi connectivity index (χ2n) is 6.95. The highest BCUT2D eigenvalue weighted by Gasteiger charge is 2.33. The van der Waals surface area contributed by atoms with Crippen LogP contribution < -0.4 is 0 Å². The Kier molecular flexibility index (Phi) is 14.2. The molecule has 1 rings (SSSR count). The maximum Gasteiger partial charge on any atom is 0.163 e. The number of rotatable bonds is 18. The van der Waals surface area contributed by atoms with E-state index in [1.54, 1.807) is 21.3 Å². The molecule has 9 heteroatoms. The molecule has 0 aromatic rings. The Labute approximate surface area is 168 Å². The zero-order chi connectivity index (χ0) is 20.7. The highest BCUT2D eigenvalue weighted by Crippen LogP contribution is 2.22. The topological polar surface area (TPSA) is 83.1 Å². The van der Waals surface area contributed by atoms with Crippen LogP contribution in [0.25, 0.3) is 0 Å². The predicted octanol–water partition coefficient (Wildman–Crippen LogP) is 0.881. The highest BCUT2D eigenvalue weighted by atomic mass is 16.7. The van der Waals surface area contributed by atoms with E-state index in [4.69, 9.17) is 42.6 Å². The third kappa shape index (κ3) is 12.3. The Morgan fingerprint density at radius 2 is 1.39 bits per heavy atom. The number of ether oxygens (including phenoxy) is 9. The summed E-state index contributed by atoms with van der Waals surface area (Å²) < 4.78 is 49.3. The quantitative estimate of drug-likeness (QED) is 0.306. The predicted molar refractivity (Wildman–Crippen MR) is 102 cm³/mol. The average molecular weight is 411 g/mol. The van der Waals surface area contributed by atoms with Crippen molar-refractivity contribution in [3.8, 4) is 0 Å². The molecule has 3 atom stereocenters. The summed E-state index contributed by atoms with van der Waals surface area (Å²) in [6.45, 7) is 8.47. The summed E-state index contributed by atoms with van der Waals surface area (Å²) in [6, 6.07) is 0. The smallest absolute Gasteiger partial charge is 0.163 e. The van der Waals surface area contributed by atoms with Gasteiger partial charge in [-0.3, -0.25) is 0 Å². The van der Waals surface area contributed by atoms with Gasteiger partial charge in [0.25, 0.3) is 0 Å². The minimum absolute atomic E-state index is 0.0781. The third-order valence-electron chi connectivity index (χ3n) is 3.91. The summed E-state index contributed by atoms with van der Waals surface area (Å²) in [4.78, 5) is 0. The van der Waals surface area contributed by atoms with Crippen molar-refractivity contribution in [2.75, 3.05) is 87.4 Å². The van der Waals surface area contributed by atoms with Gasteiger partial charge in [0.2, 0.25) is 0 Å². The van der Waals surface area contributed by atoms with E-state index in [0.717, 1.165) is 0 Å². The molecule has 0 amide bonds. The van der Waals surface area contributed by atoms with E-state index in [1.165, 1.54) is 0 Å². The summed E-state index contributed by atoms with van der Waals surface area (Å²) in [5, 5.41) is 0. The van der Waals surface area contributed by atoms with Gasteiger partial charge >= 0.3 is 0 Å². The van der Waals surface area contributed by atoms with Gasteiger partial charge in [0.15, 0.2) is 5.79 Å². The first-order valence-electron chi connectivity index (χ1n) is 9.68. The molecular formula is C19H38O9. The number of hydrogen-bond donors (Lipinski definition) is 0. The van der Waals surface area contributed by atoms with E-state index in [0.29, 0.717) is 66.1 Å². The van der Waals surface area contributed by atoms with Crippen molar-refractivity contribution in [1.29, 1.82) is 0 Å². The van der Waals surface area contributed by atoms with Gasteiger partial charge in [-0.1, -0.05) is 0 Å². The fourth-order valence-electron chi connectivity index (χ4n) is 2.59. The van der Waals surface area contributed by atoms with E-state index in [-0.39, 0.29) is 18.3 Å². The van der Waals surface area contributed by atoms with E-state index in [1.807, 2.05) is 13.8 Å². The van der Waals surface area contributed by atoms with Crippen molar-refractivity contribution in [3.63, 3.8) is 0 Å². The Bertz CT molecular complexity index is 367. The molecule has 9 nitrogen and oxygen atoms in total. The van der Waals surface area contributed by atoms with Crippen LogP contribution in [-0.2, 0) is 42.6 Å². The molecule has 0 bridgehead atoms. The Morgan fingerprint density at radius 3 is 1.93 bits per heavy atom. The molecule has 1 saturated heterocycles. The summed E-state index contributed by atoms with van der Waals surface area (Å²) in [5.74, 6) is -0.551. The zero-order valence-corrected chi connectivity index (χ0v) is 18.0. The molecule has 0 aliphatic carbocycles. The standard InChI is InChI=1S/C19H38O9/c1-19(2)27-15-18(28-19)14-26-17(11-22-5)13-24-8-9-25-16(10-21-4)12-23-7-6-20-3/h16-18H,6-15H2,1-5H3. The first kappa shape index (κ1) is 25.7. The van der Waals surface area contributed by atoms with Crippen molar-refractivity contribution < 1.29 is 42.6 Å². The molecule has 28 heavy (non-hydrogen) atoms.